The van der Waals surface area contributed by atoms with Gasteiger partial charge in [-0.2, -0.15) is 0 Å². The van der Waals surface area contributed by atoms with Crippen LogP contribution in [-0.4, -0.2) is 10.4 Å². The zero-order chi connectivity index (χ0) is 14.1. The molecule has 2 aromatic carbocycles. The lowest BCUT2D eigenvalue weighted by molar-refractivity contribution is 0.0987. The van der Waals surface area contributed by atoms with Crippen LogP contribution in [0, 0.1) is 6.92 Å². The average molecular weight is 365 g/mol. The van der Waals surface area contributed by atoms with Crippen LogP contribution in [0.1, 0.15) is 22.3 Å². The fourth-order valence-electron chi connectivity index (χ4n) is 2.13. The number of halogens is 1. The molecule has 1 atom stereocenters. The highest BCUT2D eigenvalue weighted by atomic mass is 79.9. The molecule has 0 saturated carbocycles. The Morgan fingerprint density at radius 1 is 1.15 bits per heavy atom. The van der Waals surface area contributed by atoms with Gasteiger partial charge in [-0.3, -0.25) is 4.79 Å². The molecule has 0 aromatic heterocycles. The highest BCUT2D eigenvalue weighted by Gasteiger charge is 2.25. The van der Waals surface area contributed by atoms with Crippen LogP contribution in [0.25, 0.3) is 0 Å². The summed E-state index contributed by atoms with van der Waals surface area (Å²) in [5, 5.41) is 0. The molecule has 0 N–H and O–H groups in total. The molecule has 1 unspecified atom stereocenters. The van der Waals surface area contributed by atoms with Crippen molar-refractivity contribution in [3.05, 3.63) is 58.1 Å². The molecular formula is C16H13BrOS2. The van der Waals surface area contributed by atoms with Crippen LogP contribution in [0.5, 0.6) is 0 Å². The minimum absolute atomic E-state index is 0.209. The lowest BCUT2D eigenvalue weighted by Gasteiger charge is -2.07. The highest BCUT2D eigenvalue weighted by molar-refractivity contribution is 9.10. The van der Waals surface area contributed by atoms with Gasteiger partial charge in [-0.25, -0.2) is 0 Å². The van der Waals surface area contributed by atoms with Crippen LogP contribution in [0.2, 0.25) is 0 Å². The largest absolute Gasteiger partial charge is 0.294 e. The third-order valence-corrected chi connectivity index (χ3v) is 6.38. The Balaban J connectivity index is 1.70. The Labute approximate surface area is 135 Å². The van der Waals surface area contributed by atoms with Crippen LogP contribution in [0.15, 0.2) is 56.7 Å². The molecular weight excluding hydrogens is 352 g/mol. The molecule has 0 aliphatic carbocycles. The number of carbonyl (C=O) groups is 1. The minimum Gasteiger partial charge on any atom is -0.294 e. The van der Waals surface area contributed by atoms with Gasteiger partial charge in [0.1, 0.15) is 0 Å². The standard InChI is InChI=1S/C16H13BrOS2/c1-10-5-6-14-15(7-10)20-16(19-14)9-13(18)11-3-2-4-12(17)8-11/h2-8,16H,9H2,1H3. The summed E-state index contributed by atoms with van der Waals surface area (Å²) < 4.78 is 1.24. The maximum absolute atomic E-state index is 12.3. The Kier molecular flexibility index (Phi) is 4.24. The lowest BCUT2D eigenvalue weighted by atomic mass is 10.1. The van der Waals surface area contributed by atoms with Gasteiger partial charge in [0.25, 0.3) is 0 Å². The van der Waals surface area contributed by atoms with Gasteiger partial charge in [-0.1, -0.05) is 34.1 Å². The Morgan fingerprint density at radius 2 is 1.95 bits per heavy atom. The smallest absolute Gasteiger partial charge is 0.164 e. The van der Waals surface area contributed by atoms with Gasteiger partial charge in [0.15, 0.2) is 5.78 Å². The number of Topliss-reactive ketones (excluding diaryl/α,β-unsaturated/α-hetero) is 1. The van der Waals surface area contributed by atoms with E-state index in [1.807, 2.05) is 36.0 Å². The fraction of sp³-hybridized carbons (Fsp3) is 0.188. The van der Waals surface area contributed by atoms with Crippen molar-refractivity contribution in [1.29, 1.82) is 0 Å². The Hall–Kier alpha value is -0.710. The van der Waals surface area contributed by atoms with E-state index >= 15 is 0 Å². The van der Waals surface area contributed by atoms with Crippen LogP contribution in [-0.2, 0) is 0 Å². The molecule has 0 spiro atoms. The third kappa shape index (κ3) is 3.13. The van der Waals surface area contributed by atoms with Crippen LogP contribution >= 0.6 is 39.5 Å². The molecule has 0 fully saturated rings. The maximum Gasteiger partial charge on any atom is 0.164 e. The van der Waals surface area contributed by atoms with Crippen molar-refractivity contribution in [3.63, 3.8) is 0 Å². The molecule has 1 aliphatic rings. The number of aryl methyl sites for hydroxylation is 1. The molecule has 0 radical (unpaired) electrons. The van der Waals surface area contributed by atoms with E-state index in [0.29, 0.717) is 11.0 Å². The summed E-state index contributed by atoms with van der Waals surface area (Å²) in [6.45, 7) is 2.10. The molecule has 1 nitrogen and oxygen atoms in total. The molecule has 3 rings (SSSR count). The quantitative estimate of drug-likeness (QED) is 0.664. The number of thioether (sulfide) groups is 2. The van der Waals surface area contributed by atoms with Crippen LogP contribution in [0.4, 0.5) is 0 Å². The van der Waals surface area contributed by atoms with Crippen LogP contribution < -0.4 is 0 Å². The molecule has 1 aliphatic heterocycles. The number of hydrogen-bond donors (Lipinski definition) is 0. The van der Waals surface area contributed by atoms with E-state index < -0.39 is 0 Å². The monoisotopic (exact) mass is 364 g/mol. The number of ketones is 1. The first-order chi connectivity index (χ1) is 9.61. The molecule has 20 heavy (non-hydrogen) atoms. The lowest BCUT2D eigenvalue weighted by Crippen LogP contribution is -2.05. The zero-order valence-electron chi connectivity index (χ0n) is 10.9. The number of benzene rings is 2. The van der Waals surface area contributed by atoms with Crippen molar-refractivity contribution >= 4 is 45.2 Å². The highest BCUT2D eigenvalue weighted by Crippen LogP contribution is 2.49. The summed E-state index contributed by atoms with van der Waals surface area (Å²) in [6, 6.07) is 14.1. The first kappa shape index (κ1) is 14.2. The van der Waals surface area contributed by atoms with Crippen molar-refractivity contribution in [1.82, 2.24) is 0 Å². The predicted molar refractivity (Wildman–Crippen MR) is 89.8 cm³/mol. The molecule has 4 heteroatoms. The SMILES string of the molecule is Cc1ccc2c(c1)SC(CC(=O)c1cccc(Br)c1)S2. The minimum atomic E-state index is 0.209. The molecule has 102 valence electrons. The van der Waals surface area contributed by atoms with Crippen molar-refractivity contribution in [3.8, 4) is 0 Å². The second-order valence-electron chi connectivity index (χ2n) is 4.75. The molecule has 0 amide bonds. The van der Waals surface area contributed by atoms with Gasteiger partial charge >= 0.3 is 0 Å². The number of fused-ring (bicyclic) bond motifs is 1. The van der Waals surface area contributed by atoms with E-state index in [2.05, 4.69) is 41.1 Å². The third-order valence-electron chi connectivity index (χ3n) is 3.11. The maximum atomic E-state index is 12.3. The average Bonchev–Trinajstić information content (AvgIpc) is 2.80. The number of rotatable bonds is 3. The first-order valence-corrected chi connectivity index (χ1v) is 8.90. The normalized spacial score (nSPS) is 17.0. The molecule has 0 saturated heterocycles. The predicted octanol–water partition coefficient (Wildman–Crippen LogP) is 5.55. The zero-order valence-corrected chi connectivity index (χ0v) is 14.1. The summed E-state index contributed by atoms with van der Waals surface area (Å²) in [7, 11) is 0. The Bertz CT molecular complexity index is 669. The summed E-state index contributed by atoms with van der Waals surface area (Å²) in [5.41, 5.74) is 2.06. The van der Waals surface area contributed by atoms with Gasteiger partial charge in [0, 0.05) is 26.2 Å². The van der Waals surface area contributed by atoms with E-state index in [4.69, 9.17) is 0 Å². The van der Waals surface area contributed by atoms with Gasteiger partial charge in [-0.15, -0.1) is 23.5 Å². The van der Waals surface area contributed by atoms with E-state index in [1.54, 1.807) is 11.8 Å². The molecule has 2 aromatic rings. The van der Waals surface area contributed by atoms with Crippen molar-refractivity contribution in [2.75, 3.05) is 0 Å². The van der Waals surface area contributed by atoms with Gasteiger partial charge < -0.3 is 0 Å². The van der Waals surface area contributed by atoms with Crippen LogP contribution in [0.3, 0.4) is 0 Å². The molecule has 0 bridgehead atoms. The topological polar surface area (TPSA) is 17.1 Å². The van der Waals surface area contributed by atoms with Gasteiger partial charge in [-0.05, 0) is 36.8 Å². The van der Waals surface area contributed by atoms with Crippen molar-refractivity contribution in [2.24, 2.45) is 0 Å². The van der Waals surface area contributed by atoms with Crippen molar-refractivity contribution in [2.45, 2.75) is 27.7 Å². The van der Waals surface area contributed by atoms with E-state index in [-0.39, 0.29) is 5.78 Å². The summed E-state index contributed by atoms with van der Waals surface area (Å²) in [4.78, 5) is 14.9. The summed E-state index contributed by atoms with van der Waals surface area (Å²) in [5.74, 6) is 0.209. The fourth-order valence-corrected chi connectivity index (χ4v) is 5.42. The second-order valence-corrected chi connectivity index (χ2v) is 8.46. The second kappa shape index (κ2) is 5.96. The van der Waals surface area contributed by atoms with E-state index in [1.165, 1.54) is 15.4 Å². The summed E-state index contributed by atoms with van der Waals surface area (Å²) in [6.07, 6.45) is 0.569. The van der Waals surface area contributed by atoms with E-state index in [9.17, 15) is 4.79 Å². The number of carbonyl (C=O) groups excluding carboxylic acids is 1. The van der Waals surface area contributed by atoms with Gasteiger partial charge in [0.2, 0.25) is 0 Å². The molecule has 1 heterocycles. The Morgan fingerprint density at radius 3 is 2.75 bits per heavy atom. The van der Waals surface area contributed by atoms with Gasteiger partial charge in [0.05, 0.1) is 4.58 Å². The van der Waals surface area contributed by atoms with E-state index in [0.717, 1.165) is 10.0 Å². The van der Waals surface area contributed by atoms with Crippen molar-refractivity contribution < 1.29 is 4.79 Å². The number of hydrogen-bond acceptors (Lipinski definition) is 3. The first-order valence-electron chi connectivity index (χ1n) is 6.34. The summed E-state index contributed by atoms with van der Waals surface area (Å²) >= 11 is 7.02.